The molecular weight excluding hydrogens is 394 g/mol. The van der Waals surface area contributed by atoms with Gasteiger partial charge in [-0.25, -0.2) is 0 Å². The zero-order chi connectivity index (χ0) is 24.8. The SMILES string of the molecule is C=CCC(CCCC)C(C)=O.CCCN.CCc1ccc(C)cc1.Cc1ccc(O)cc1. The number of hydrogen-bond acceptors (Lipinski definition) is 3. The van der Waals surface area contributed by atoms with Crippen LogP contribution in [0.5, 0.6) is 5.75 Å². The molecule has 32 heavy (non-hydrogen) atoms. The lowest BCUT2D eigenvalue weighted by Crippen LogP contribution is -2.09. The summed E-state index contributed by atoms with van der Waals surface area (Å²) < 4.78 is 0. The lowest BCUT2D eigenvalue weighted by atomic mass is 9.95. The van der Waals surface area contributed by atoms with Crippen LogP contribution in [0.1, 0.15) is 76.5 Å². The average molecular weight is 442 g/mol. The molecule has 0 aliphatic heterocycles. The second-order valence-corrected chi connectivity index (χ2v) is 7.94. The van der Waals surface area contributed by atoms with Crippen LogP contribution in [0, 0.1) is 19.8 Å². The molecule has 0 aliphatic carbocycles. The number of rotatable bonds is 8. The molecule has 0 spiro atoms. The van der Waals surface area contributed by atoms with Crippen molar-refractivity contribution in [3.8, 4) is 5.75 Å². The fraction of sp³-hybridized carbons (Fsp3) is 0.483. The maximum Gasteiger partial charge on any atom is 0.133 e. The second-order valence-electron chi connectivity index (χ2n) is 7.94. The van der Waals surface area contributed by atoms with Crippen LogP contribution in [-0.2, 0) is 11.2 Å². The number of phenolic OH excluding ortho intramolecular Hbond substituents is 1. The number of allylic oxidation sites excluding steroid dienone is 1. The number of carbonyl (C=O) groups is 1. The van der Waals surface area contributed by atoms with Gasteiger partial charge in [-0.05, 0) is 70.7 Å². The van der Waals surface area contributed by atoms with Gasteiger partial charge >= 0.3 is 0 Å². The molecule has 0 saturated heterocycles. The Morgan fingerprint density at radius 2 is 1.44 bits per heavy atom. The zero-order valence-corrected chi connectivity index (χ0v) is 21.4. The first-order chi connectivity index (χ1) is 15.2. The average Bonchev–Trinajstić information content (AvgIpc) is 2.80. The topological polar surface area (TPSA) is 63.3 Å². The highest BCUT2D eigenvalue weighted by Crippen LogP contribution is 2.14. The number of carbonyl (C=O) groups excluding carboxylic acids is 1. The summed E-state index contributed by atoms with van der Waals surface area (Å²) in [5.41, 5.74) is 8.95. The first-order valence-electron chi connectivity index (χ1n) is 11.9. The number of phenols is 1. The van der Waals surface area contributed by atoms with Crippen LogP contribution in [0.25, 0.3) is 0 Å². The standard InChI is InChI=1S/C10H18O.C9H12.C7H8O.C3H9N/c1-4-6-8-10(7-5-2)9(3)11;1-3-9-6-4-8(2)5-7-9;1-6-2-4-7(8)5-3-6;1-2-3-4/h5,10H,2,4,6-8H2,1,3H3;4-7H,3H2,1-2H3;2-5,8H,1H3;2-4H2,1H3. The molecule has 2 rings (SSSR count). The summed E-state index contributed by atoms with van der Waals surface area (Å²) in [6.45, 7) is 16.6. The second kappa shape index (κ2) is 21.8. The lowest BCUT2D eigenvalue weighted by Gasteiger charge is -2.09. The number of unbranched alkanes of at least 4 members (excludes halogenated alkanes) is 1. The molecule has 0 saturated carbocycles. The molecule has 0 heterocycles. The third-order valence-corrected chi connectivity index (χ3v) is 4.78. The summed E-state index contributed by atoms with van der Waals surface area (Å²) in [6, 6.07) is 15.7. The molecule has 0 bridgehead atoms. The van der Waals surface area contributed by atoms with E-state index in [1.165, 1.54) is 23.1 Å². The summed E-state index contributed by atoms with van der Waals surface area (Å²) in [5, 5.41) is 8.76. The van der Waals surface area contributed by atoms with Crippen LogP contribution in [0.15, 0.2) is 61.2 Å². The van der Waals surface area contributed by atoms with Gasteiger partial charge in [0.15, 0.2) is 0 Å². The van der Waals surface area contributed by atoms with Gasteiger partial charge in [0.1, 0.15) is 11.5 Å². The zero-order valence-electron chi connectivity index (χ0n) is 21.4. The van der Waals surface area contributed by atoms with E-state index in [4.69, 9.17) is 10.8 Å². The highest BCUT2D eigenvalue weighted by molar-refractivity contribution is 5.78. The number of aryl methyl sites for hydroxylation is 3. The summed E-state index contributed by atoms with van der Waals surface area (Å²) in [5.74, 6) is 0.862. The van der Waals surface area contributed by atoms with Gasteiger partial charge in [-0.15, -0.1) is 6.58 Å². The Labute approximate surface area is 197 Å². The van der Waals surface area contributed by atoms with Crippen LogP contribution in [0.3, 0.4) is 0 Å². The minimum Gasteiger partial charge on any atom is -0.508 e. The van der Waals surface area contributed by atoms with Gasteiger partial charge < -0.3 is 10.8 Å². The molecule has 3 nitrogen and oxygen atoms in total. The summed E-state index contributed by atoms with van der Waals surface area (Å²) in [6.07, 6.45) is 8.26. The summed E-state index contributed by atoms with van der Waals surface area (Å²) in [4.78, 5) is 11.0. The van der Waals surface area contributed by atoms with Crippen molar-refractivity contribution in [3.63, 3.8) is 0 Å². The quantitative estimate of drug-likeness (QED) is 0.415. The van der Waals surface area contributed by atoms with Gasteiger partial charge in [0.2, 0.25) is 0 Å². The van der Waals surface area contributed by atoms with Crippen LogP contribution in [0.4, 0.5) is 0 Å². The van der Waals surface area contributed by atoms with E-state index in [0.717, 1.165) is 38.6 Å². The third kappa shape index (κ3) is 19.6. The molecule has 0 radical (unpaired) electrons. The largest absolute Gasteiger partial charge is 0.508 e. The fourth-order valence-electron chi connectivity index (χ4n) is 2.51. The van der Waals surface area contributed by atoms with E-state index in [1.807, 2.05) is 25.1 Å². The third-order valence-electron chi connectivity index (χ3n) is 4.78. The minimum absolute atomic E-state index is 0.229. The number of ketones is 1. The molecule has 1 atom stereocenters. The predicted molar refractivity (Wildman–Crippen MR) is 141 cm³/mol. The van der Waals surface area contributed by atoms with E-state index in [2.05, 4.69) is 58.5 Å². The van der Waals surface area contributed by atoms with Gasteiger partial charge in [0.25, 0.3) is 0 Å². The summed E-state index contributed by atoms with van der Waals surface area (Å²) >= 11 is 0. The number of Topliss-reactive ketones (excluding diaryl/α,β-unsaturated/α-hetero) is 1. The Bertz CT molecular complexity index is 667. The molecule has 2 aromatic rings. The van der Waals surface area contributed by atoms with Crippen molar-refractivity contribution in [2.45, 2.75) is 80.1 Å². The Hall–Kier alpha value is -2.39. The van der Waals surface area contributed by atoms with Crippen molar-refractivity contribution in [1.82, 2.24) is 0 Å². The number of aromatic hydroxyl groups is 1. The van der Waals surface area contributed by atoms with Gasteiger partial charge in [-0.1, -0.05) is 87.2 Å². The van der Waals surface area contributed by atoms with Crippen molar-refractivity contribution in [2.75, 3.05) is 6.54 Å². The minimum atomic E-state index is 0.229. The highest BCUT2D eigenvalue weighted by Gasteiger charge is 2.10. The van der Waals surface area contributed by atoms with Crippen LogP contribution >= 0.6 is 0 Å². The van der Waals surface area contributed by atoms with E-state index in [9.17, 15) is 4.79 Å². The highest BCUT2D eigenvalue weighted by atomic mass is 16.3. The van der Waals surface area contributed by atoms with Crippen LogP contribution in [-0.4, -0.2) is 17.4 Å². The Kier molecular flexibility index (Phi) is 21.7. The van der Waals surface area contributed by atoms with E-state index in [-0.39, 0.29) is 5.92 Å². The van der Waals surface area contributed by atoms with E-state index < -0.39 is 0 Å². The molecule has 180 valence electrons. The van der Waals surface area contributed by atoms with E-state index >= 15 is 0 Å². The molecule has 0 aliphatic rings. The molecule has 3 heteroatoms. The Morgan fingerprint density at radius 3 is 1.75 bits per heavy atom. The van der Waals surface area contributed by atoms with E-state index in [0.29, 0.717) is 11.5 Å². The molecule has 0 amide bonds. The number of nitrogens with two attached hydrogens (primary N) is 1. The maximum atomic E-state index is 11.0. The normalized spacial score (nSPS) is 10.2. The van der Waals surface area contributed by atoms with Crippen molar-refractivity contribution in [1.29, 1.82) is 0 Å². The monoisotopic (exact) mass is 441 g/mol. The molecule has 3 N–H and O–H groups in total. The van der Waals surface area contributed by atoms with Crippen LogP contribution in [0.2, 0.25) is 0 Å². The van der Waals surface area contributed by atoms with Crippen molar-refractivity contribution in [3.05, 3.63) is 77.9 Å². The first kappa shape index (κ1) is 31.8. The molecule has 2 aromatic carbocycles. The molecule has 0 aromatic heterocycles. The van der Waals surface area contributed by atoms with Crippen molar-refractivity contribution < 1.29 is 9.90 Å². The van der Waals surface area contributed by atoms with Crippen molar-refractivity contribution >= 4 is 5.78 Å². The smallest absolute Gasteiger partial charge is 0.133 e. The first-order valence-corrected chi connectivity index (χ1v) is 11.9. The number of hydrogen-bond donors (Lipinski definition) is 2. The lowest BCUT2D eigenvalue weighted by molar-refractivity contribution is -0.120. The van der Waals surface area contributed by atoms with Gasteiger partial charge in [-0.2, -0.15) is 0 Å². The molecule has 0 fully saturated rings. The van der Waals surface area contributed by atoms with Gasteiger partial charge in [0, 0.05) is 5.92 Å². The number of benzene rings is 2. The molecular formula is C29H47NO2. The Morgan fingerprint density at radius 1 is 0.969 bits per heavy atom. The van der Waals surface area contributed by atoms with Crippen LogP contribution < -0.4 is 5.73 Å². The van der Waals surface area contributed by atoms with Gasteiger partial charge in [0.05, 0.1) is 0 Å². The Balaban J connectivity index is 0. The van der Waals surface area contributed by atoms with Crippen molar-refractivity contribution in [2.24, 2.45) is 11.7 Å². The van der Waals surface area contributed by atoms with E-state index in [1.54, 1.807) is 19.1 Å². The van der Waals surface area contributed by atoms with Gasteiger partial charge in [-0.3, -0.25) is 4.79 Å². The summed E-state index contributed by atoms with van der Waals surface area (Å²) in [7, 11) is 0. The fourth-order valence-corrected chi connectivity index (χ4v) is 2.51. The predicted octanol–water partition coefficient (Wildman–Crippen LogP) is 7.57. The molecule has 1 unspecified atom stereocenters. The maximum absolute atomic E-state index is 11.0.